The van der Waals surface area contributed by atoms with Crippen molar-refractivity contribution in [1.29, 1.82) is 0 Å². The average molecular weight is 861 g/mol. The Morgan fingerprint density at radius 2 is 1.29 bits per heavy atom. The maximum atomic E-state index is 13.4. The minimum absolute atomic E-state index is 0.0841. The van der Waals surface area contributed by atoms with Crippen molar-refractivity contribution in [3.8, 4) is 0 Å². The molecule has 2 aliphatic heterocycles. The number of amides is 1. The maximum Gasteiger partial charge on any atom is 0.306 e. The van der Waals surface area contributed by atoms with Crippen molar-refractivity contribution in [2.24, 2.45) is 11.8 Å². The third-order valence-corrected chi connectivity index (χ3v) is 15.9. The Balaban J connectivity index is 0.000000139. The highest BCUT2D eigenvalue weighted by atomic mass is 32.1. The first-order valence-electron chi connectivity index (χ1n) is 19.5. The number of rotatable bonds is 6. The summed E-state index contributed by atoms with van der Waals surface area (Å²) in [5, 5.41) is 26.5. The zero-order valence-electron chi connectivity index (χ0n) is 31.7. The summed E-state index contributed by atoms with van der Waals surface area (Å²) in [5.74, 6) is 1.01. The summed E-state index contributed by atoms with van der Waals surface area (Å²) in [7, 11) is 2.18. The predicted molar refractivity (Wildman–Crippen MR) is 231 cm³/mol. The number of aryl methyl sites for hydroxylation is 2. The number of anilines is 4. The van der Waals surface area contributed by atoms with Crippen LogP contribution >= 0.6 is 45.7 Å². The van der Waals surface area contributed by atoms with Gasteiger partial charge in [0.15, 0.2) is 0 Å². The number of carbonyl (C=O) groups excluding carboxylic acids is 1. The number of aliphatic carboxylic acids is 1. The summed E-state index contributed by atoms with van der Waals surface area (Å²) < 4.78 is 10.0. The van der Waals surface area contributed by atoms with Crippen molar-refractivity contribution in [2.45, 2.75) is 57.0 Å². The second kappa shape index (κ2) is 14.7. The fourth-order valence-corrected chi connectivity index (χ4v) is 12.9. The predicted octanol–water partition coefficient (Wildman–Crippen LogP) is 7.09. The fraction of sp³-hybridized carbons (Fsp3) is 0.350. The number of likely N-dealkylation sites (tertiary alicyclic amines) is 2. The molecule has 1 amide bonds. The molecule has 6 aromatic heterocycles. The Morgan fingerprint density at radius 3 is 1.81 bits per heavy atom. The van der Waals surface area contributed by atoms with Gasteiger partial charge in [0, 0.05) is 52.2 Å². The van der Waals surface area contributed by atoms with Gasteiger partial charge in [-0.2, -0.15) is 0 Å². The van der Waals surface area contributed by atoms with Crippen LogP contribution in [0.1, 0.15) is 40.1 Å². The molecular formula is C40H36N12O3S4. The van der Waals surface area contributed by atoms with Gasteiger partial charge < -0.3 is 20.6 Å². The van der Waals surface area contributed by atoms with Crippen LogP contribution in [0.25, 0.3) is 40.9 Å². The number of piperazine rings is 1. The number of nitrogens with zero attached hydrogens (tertiary/aromatic N) is 10. The number of carbonyl (C=O) groups is 2. The zero-order valence-corrected chi connectivity index (χ0v) is 34.9. The minimum atomic E-state index is -0.719. The Bertz CT molecular complexity index is 2940. The van der Waals surface area contributed by atoms with Gasteiger partial charge in [-0.3, -0.25) is 14.5 Å². The first kappa shape index (κ1) is 36.7. The summed E-state index contributed by atoms with van der Waals surface area (Å²) >= 11 is 6.04. The monoisotopic (exact) mass is 860 g/mol. The highest BCUT2D eigenvalue weighted by Gasteiger charge is 2.45. The molecule has 2 bridgehead atoms. The zero-order chi connectivity index (χ0) is 39.8. The van der Waals surface area contributed by atoms with E-state index in [4.69, 9.17) is 0 Å². The van der Waals surface area contributed by atoms with Crippen LogP contribution in [0.3, 0.4) is 0 Å². The smallest absolute Gasteiger partial charge is 0.306 e. The molecule has 15 nitrogen and oxygen atoms in total. The number of carboxylic acids is 1. The maximum absolute atomic E-state index is 13.4. The van der Waals surface area contributed by atoms with E-state index in [-0.39, 0.29) is 11.8 Å². The molecule has 298 valence electrons. The quantitative estimate of drug-likeness (QED) is 0.154. The van der Waals surface area contributed by atoms with Gasteiger partial charge in [-0.15, -0.1) is 32.9 Å². The molecule has 2 aromatic carbocycles. The van der Waals surface area contributed by atoms with Crippen molar-refractivity contribution >= 4 is 121 Å². The van der Waals surface area contributed by atoms with Crippen molar-refractivity contribution in [3.05, 3.63) is 69.9 Å². The van der Waals surface area contributed by atoms with E-state index < -0.39 is 5.97 Å². The highest BCUT2D eigenvalue weighted by Crippen LogP contribution is 2.43. The van der Waals surface area contributed by atoms with Gasteiger partial charge in [-0.1, -0.05) is 8.98 Å². The molecule has 19 heteroatoms. The Morgan fingerprint density at radius 1 is 0.729 bits per heavy atom. The molecule has 2 aliphatic carbocycles. The number of aromatic nitrogens is 8. The normalized spacial score (nSPS) is 21.1. The van der Waals surface area contributed by atoms with Crippen LogP contribution in [0.15, 0.2) is 49.1 Å². The molecule has 0 spiro atoms. The average Bonchev–Trinajstić information content (AvgIpc) is 4.11. The summed E-state index contributed by atoms with van der Waals surface area (Å²) in [6.07, 6.45) is 8.89. The van der Waals surface area contributed by atoms with Crippen LogP contribution in [0.5, 0.6) is 0 Å². The molecule has 59 heavy (non-hydrogen) atoms. The number of carboxylic acid groups (broad SMARTS) is 1. The van der Waals surface area contributed by atoms with E-state index in [9.17, 15) is 14.7 Å². The third-order valence-electron chi connectivity index (χ3n) is 12.2. The highest BCUT2D eigenvalue weighted by molar-refractivity contribution is 7.19. The van der Waals surface area contributed by atoms with Crippen LogP contribution in [-0.4, -0.2) is 98.1 Å². The van der Waals surface area contributed by atoms with Gasteiger partial charge in [0.2, 0.25) is 5.91 Å². The number of fused-ring (bicyclic) bond motifs is 10. The number of hydrogen-bond acceptors (Lipinski definition) is 17. The van der Waals surface area contributed by atoms with E-state index >= 15 is 0 Å². The lowest BCUT2D eigenvalue weighted by atomic mass is 9.86. The summed E-state index contributed by atoms with van der Waals surface area (Å²) in [4.78, 5) is 51.6. The van der Waals surface area contributed by atoms with Crippen molar-refractivity contribution in [1.82, 2.24) is 48.9 Å². The van der Waals surface area contributed by atoms with Crippen molar-refractivity contribution < 1.29 is 14.7 Å². The topological polar surface area (TPSA) is 188 Å². The number of nitrogens with one attached hydrogen (secondary N) is 2. The van der Waals surface area contributed by atoms with Gasteiger partial charge in [-0.05, 0) is 123 Å². The van der Waals surface area contributed by atoms with Crippen LogP contribution in [-0.2, 0) is 35.3 Å². The summed E-state index contributed by atoms with van der Waals surface area (Å²) in [6.45, 7) is 1.92. The van der Waals surface area contributed by atoms with Crippen LogP contribution in [0, 0.1) is 11.8 Å². The Kier molecular flexibility index (Phi) is 9.17. The molecule has 4 atom stereocenters. The van der Waals surface area contributed by atoms with Gasteiger partial charge >= 0.3 is 5.97 Å². The second-order valence-electron chi connectivity index (χ2n) is 15.7. The van der Waals surface area contributed by atoms with Crippen LogP contribution in [0.4, 0.5) is 23.0 Å². The first-order chi connectivity index (χ1) is 28.8. The van der Waals surface area contributed by atoms with E-state index in [2.05, 4.69) is 72.7 Å². The van der Waals surface area contributed by atoms with E-state index in [0.717, 1.165) is 114 Å². The second-order valence-corrected chi connectivity index (χ2v) is 19.4. The number of thiophene rings is 2. The van der Waals surface area contributed by atoms with E-state index in [0.29, 0.717) is 30.8 Å². The molecule has 8 heterocycles. The van der Waals surface area contributed by atoms with E-state index in [1.54, 1.807) is 35.3 Å². The van der Waals surface area contributed by atoms with E-state index in [1.165, 1.54) is 39.1 Å². The molecule has 0 unspecified atom stereocenters. The lowest BCUT2D eigenvalue weighted by Crippen LogP contribution is -2.49. The van der Waals surface area contributed by atoms with Crippen LogP contribution in [0.2, 0.25) is 0 Å². The van der Waals surface area contributed by atoms with Crippen LogP contribution < -0.4 is 10.6 Å². The van der Waals surface area contributed by atoms with E-state index in [1.807, 2.05) is 30.3 Å². The summed E-state index contributed by atoms with van der Waals surface area (Å²) in [5.41, 5.74) is 6.16. The Hall–Kier alpha value is -5.34. The number of hydrogen-bond donors (Lipinski definition) is 3. The van der Waals surface area contributed by atoms with Gasteiger partial charge in [0.25, 0.3) is 0 Å². The number of likely N-dealkylation sites (N-methyl/N-ethyl adjacent to an activating group) is 1. The van der Waals surface area contributed by atoms with Crippen molar-refractivity contribution in [3.63, 3.8) is 0 Å². The standard InChI is InChI=1S/C23H23N7OS2.C17H13N5O2S2/c1-29-9-15-8-14(29)10-30(15)23(31)12-2-4-16-18(6-12)32-22-20(16)21(24-11-25-22)26-13-3-5-17-19(7-13)33-28-27-17;23-17(24)8-1-3-10-12(5-8)25-16-14(10)15(18-7-19-16)20-9-2-4-11-13(6-9)26-22-21-11/h3,5,7,11-12,14-15H,2,4,6,8-10H2,1H3,(H,24,25,26);2,4,6-8H,1,3,5H2,(H,23,24)(H,18,19,20)/t12-,14-,15-;8-/m00/s1. The third kappa shape index (κ3) is 6.64. The molecule has 3 N–H and O–H groups in total. The molecule has 0 radical (unpaired) electrons. The molecule has 2 fully saturated rings. The molecule has 0 saturated carbocycles. The summed E-state index contributed by atoms with van der Waals surface area (Å²) in [6, 6.07) is 12.9. The fourth-order valence-electron chi connectivity index (χ4n) is 9.19. The molecule has 2 saturated heterocycles. The minimum Gasteiger partial charge on any atom is -0.481 e. The van der Waals surface area contributed by atoms with Crippen molar-refractivity contribution in [2.75, 3.05) is 30.8 Å². The van der Waals surface area contributed by atoms with Gasteiger partial charge in [0.05, 0.1) is 26.1 Å². The lowest BCUT2D eigenvalue weighted by molar-refractivity contribution is -0.142. The molecule has 8 aromatic rings. The number of benzene rings is 2. The largest absolute Gasteiger partial charge is 0.481 e. The van der Waals surface area contributed by atoms with Gasteiger partial charge in [-0.25, -0.2) is 19.9 Å². The molecular weight excluding hydrogens is 825 g/mol. The Labute approximate surface area is 352 Å². The molecule has 4 aliphatic rings. The lowest BCUT2D eigenvalue weighted by Gasteiger charge is -2.35. The first-order valence-corrected chi connectivity index (χ1v) is 22.7. The molecule has 12 rings (SSSR count). The SMILES string of the molecule is CN1C[C@@H]2C[C@H]1CN2C(=O)[C@H]1CCc2c(sc3ncnc(Nc4ccc5nnsc5c4)c23)C1.O=C(O)[C@H]1CCc2c(sc3ncnc(Nc4ccc5nnsc5c4)c23)C1. The van der Waals surface area contributed by atoms with Gasteiger partial charge in [0.1, 0.15) is 45.0 Å².